The van der Waals surface area contributed by atoms with Gasteiger partial charge in [-0.1, -0.05) is 109 Å². The molecule has 1 aliphatic rings. The lowest BCUT2D eigenvalue weighted by molar-refractivity contribution is -0.119. The number of hydrogen-bond acceptors (Lipinski definition) is 4. The quantitative estimate of drug-likeness (QED) is 0.239. The molecule has 1 N–H and O–H groups in total. The van der Waals surface area contributed by atoms with E-state index in [2.05, 4.69) is 53.8 Å². The zero-order valence-electron chi connectivity index (χ0n) is 21.3. The highest BCUT2D eigenvalue weighted by atomic mass is 16.2. The van der Waals surface area contributed by atoms with Crippen molar-refractivity contribution < 1.29 is 4.79 Å². The second-order valence-electron chi connectivity index (χ2n) is 9.66. The van der Waals surface area contributed by atoms with Crippen LogP contribution in [0.5, 0.6) is 0 Å². The molecule has 1 aliphatic heterocycles. The van der Waals surface area contributed by atoms with Gasteiger partial charge in [0, 0.05) is 5.71 Å². The lowest BCUT2D eigenvalue weighted by atomic mass is 9.78. The van der Waals surface area contributed by atoms with Crippen LogP contribution in [0.4, 0.5) is 5.69 Å². The number of benzene rings is 4. The third kappa shape index (κ3) is 5.32. The van der Waals surface area contributed by atoms with E-state index in [1.165, 1.54) is 11.1 Å². The van der Waals surface area contributed by atoms with Gasteiger partial charge in [0.05, 0.1) is 24.3 Å². The lowest BCUT2D eigenvalue weighted by Crippen LogP contribution is -2.45. The molecule has 1 amide bonds. The Morgan fingerprint density at radius 1 is 0.784 bits per heavy atom. The first kappa shape index (κ1) is 24.5. The van der Waals surface area contributed by atoms with Gasteiger partial charge in [0.25, 0.3) is 5.91 Å². The summed E-state index contributed by atoms with van der Waals surface area (Å²) < 4.78 is 0. The maximum Gasteiger partial charge on any atom is 0.252 e. The zero-order valence-corrected chi connectivity index (χ0v) is 21.3. The van der Waals surface area contributed by atoms with Crippen molar-refractivity contribution >= 4 is 17.3 Å². The van der Waals surface area contributed by atoms with Crippen molar-refractivity contribution in [3.05, 3.63) is 138 Å². The number of hydrogen-bond donors (Lipinski definition) is 1. The van der Waals surface area contributed by atoms with Crippen LogP contribution in [0, 0.1) is 5.92 Å². The standard InChI is InChI=1S/C32H32N4O/c1-25(33-35(23-26-15-7-3-8-16-26)24-27-17-9-4-10-18-27)30-31(37)36(29-21-13-6-14-22-29)34-32(30,2)28-19-11-5-12-20-28/h3-22,30,34H,23-24H2,1-2H3/b33-25+. The molecule has 2 unspecified atom stereocenters. The molecule has 5 rings (SSSR count). The van der Waals surface area contributed by atoms with Gasteiger partial charge < -0.3 is 0 Å². The van der Waals surface area contributed by atoms with Gasteiger partial charge in [-0.15, -0.1) is 0 Å². The molecule has 0 bridgehead atoms. The minimum atomic E-state index is -0.660. The van der Waals surface area contributed by atoms with Crippen LogP contribution in [-0.2, 0) is 23.4 Å². The number of nitrogens with one attached hydrogen (secondary N) is 1. The summed E-state index contributed by atoms with van der Waals surface area (Å²) in [6.45, 7) is 5.35. The molecule has 37 heavy (non-hydrogen) atoms. The van der Waals surface area contributed by atoms with Gasteiger partial charge in [-0.05, 0) is 42.7 Å². The average molecular weight is 489 g/mol. The van der Waals surface area contributed by atoms with Gasteiger partial charge in [0.2, 0.25) is 0 Å². The molecule has 1 fully saturated rings. The molecular formula is C32H32N4O. The molecule has 0 aromatic heterocycles. The Morgan fingerprint density at radius 2 is 1.24 bits per heavy atom. The zero-order chi connectivity index (χ0) is 25.7. The summed E-state index contributed by atoms with van der Waals surface area (Å²) >= 11 is 0. The monoisotopic (exact) mass is 488 g/mol. The highest BCUT2D eigenvalue weighted by Crippen LogP contribution is 2.39. The first-order chi connectivity index (χ1) is 18.0. The Morgan fingerprint density at radius 3 is 1.76 bits per heavy atom. The molecule has 1 heterocycles. The van der Waals surface area contributed by atoms with E-state index in [1.807, 2.05) is 91.9 Å². The smallest absolute Gasteiger partial charge is 0.252 e. The van der Waals surface area contributed by atoms with Gasteiger partial charge in [-0.25, -0.2) is 10.4 Å². The molecule has 1 saturated heterocycles. The number of rotatable bonds is 8. The minimum Gasteiger partial charge on any atom is -0.288 e. The molecule has 4 aromatic rings. The fraction of sp³-hybridized carbons (Fsp3) is 0.188. The summed E-state index contributed by atoms with van der Waals surface area (Å²) in [4.78, 5) is 14.0. The third-order valence-corrected chi connectivity index (χ3v) is 6.91. The summed E-state index contributed by atoms with van der Waals surface area (Å²) in [6.07, 6.45) is 0. The van der Waals surface area contributed by atoms with Crippen LogP contribution in [0.1, 0.15) is 30.5 Å². The molecule has 4 aromatic carbocycles. The second-order valence-corrected chi connectivity index (χ2v) is 9.66. The normalized spacial score (nSPS) is 19.7. The maximum absolute atomic E-state index is 14.0. The first-order valence-corrected chi connectivity index (χ1v) is 12.6. The van der Waals surface area contributed by atoms with E-state index >= 15 is 0 Å². The van der Waals surface area contributed by atoms with E-state index in [0.717, 1.165) is 17.0 Å². The number of hydrazine groups is 1. The Hall–Kier alpha value is -4.22. The van der Waals surface area contributed by atoms with Crippen LogP contribution in [0.15, 0.2) is 126 Å². The predicted octanol–water partition coefficient (Wildman–Crippen LogP) is 6.15. The van der Waals surface area contributed by atoms with Crippen LogP contribution in [-0.4, -0.2) is 16.6 Å². The van der Waals surface area contributed by atoms with Gasteiger partial charge >= 0.3 is 0 Å². The Labute approximate surface area is 219 Å². The van der Waals surface area contributed by atoms with E-state index < -0.39 is 11.5 Å². The fourth-order valence-electron chi connectivity index (χ4n) is 5.10. The summed E-state index contributed by atoms with van der Waals surface area (Å²) in [5, 5.41) is 8.85. The number of nitrogens with zero attached hydrogens (tertiary/aromatic N) is 3. The van der Waals surface area contributed by atoms with Crippen molar-refractivity contribution in [2.75, 3.05) is 5.01 Å². The number of carbonyl (C=O) groups is 1. The molecule has 186 valence electrons. The van der Waals surface area contributed by atoms with Crippen LogP contribution in [0.25, 0.3) is 0 Å². The lowest BCUT2D eigenvalue weighted by Gasteiger charge is -2.31. The Kier molecular flexibility index (Phi) is 7.15. The molecule has 0 spiro atoms. The number of hydrazone groups is 1. The van der Waals surface area contributed by atoms with Gasteiger partial charge in [-0.3, -0.25) is 9.80 Å². The second kappa shape index (κ2) is 10.8. The predicted molar refractivity (Wildman–Crippen MR) is 150 cm³/mol. The van der Waals surface area contributed by atoms with Crippen LogP contribution in [0.2, 0.25) is 0 Å². The van der Waals surface area contributed by atoms with E-state index in [9.17, 15) is 4.79 Å². The van der Waals surface area contributed by atoms with E-state index in [-0.39, 0.29) is 5.91 Å². The number of para-hydroxylation sites is 1. The molecule has 5 nitrogen and oxygen atoms in total. The van der Waals surface area contributed by atoms with Gasteiger partial charge in [0.15, 0.2) is 0 Å². The highest BCUT2D eigenvalue weighted by molar-refractivity contribution is 6.12. The molecule has 0 radical (unpaired) electrons. The minimum absolute atomic E-state index is 0.0156. The molecular weight excluding hydrogens is 456 g/mol. The SMILES string of the molecule is C/C(=N\N(Cc1ccccc1)Cc1ccccc1)C1C(=O)N(c2ccccc2)NC1(C)c1ccccc1. The Balaban J connectivity index is 1.53. The largest absolute Gasteiger partial charge is 0.288 e. The van der Waals surface area contributed by atoms with Crippen LogP contribution >= 0.6 is 0 Å². The van der Waals surface area contributed by atoms with Crippen molar-refractivity contribution in [3.8, 4) is 0 Å². The maximum atomic E-state index is 14.0. The molecule has 0 aliphatic carbocycles. The molecule has 0 saturated carbocycles. The number of anilines is 1. The third-order valence-electron chi connectivity index (χ3n) is 6.91. The van der Waals surface area contributed by atoms with E-state index in [4.69, 9.17) is 5.10 Å². The van der Waals surface area contributed by atoms with E-state index in [0.29, 0.717) is 13.1 Å². The first-order valence-electron chi connectivity index (χ1n) is 12.6. The Bertz CT molecular complexity index is 1300. The number of amides is 1. The fourth-order valence-corrected chi connectivity index (χ4v) is 5.10. The summed E-state index contributed by atoms with van der Waals surface area (Å²) in [7, 11) is 0. The van der Waals surface area contributed by atoms with Crippen molar-refractivity contribution in [1.29, 1.82) is 0 Å². The van der Waals surface area contributed by atoms with Crippen molar-refractivity contribution in [3.63, 3.8) is 0 Å². The highest BCUT2D eigenvalue weighted by Gasteiger charge is 2.52. The van der Waals surface area contributed by atoms with Crippen LogP contribution < -0.4 is 10.4 Å². The van der Waals surface area contributed by atoms with Gasteiger partial charge in [-0.2, -0.15) is 5.10 Å². The topological polar surface area (TPSA) is 47.9 Å². The van der Waals surface area contributed by atoms with Crippen molar-refractivity contribution in [1.82, 2.24) is 10.4 Å². The average Bonchev–Trinajstić information content (AvgIpc) is 3.22. The van der Waals surface area contributed by atoms with Gasteiger partial charge in [0.1, 0.15) is 5.92 Å². The summed E-state index contributed by atoms with van der Waals surface area (Å²) in [5.41, 5.74) is 7.84. The molecule has 2 atom stereocenters. The van der Waals surface area contributed by atoms with Crippen LogP contribution in [0.3, 0.4) is 0 Å². The van der Waals surface area contributed by atoms with Crippen molar-refractivity contribution in [2.24, 2.45) is 11.0 Å². The van der Waals surface area contributed by atoms with Crippen molar-refractivity contribution in [2.45, 2.75) is 32.5 Å². The summed E-state index contributed by atoms with van der Waals surface area (Å²) in [5.74, 6) is -0.498. The summed E-state index contributed by atoms with van der Waals surface area (Å²) in [6, 6.07) is 40.5. The number of carbonyl (C=O) groups excluding carboxylic acids is 1. The van der Waals surface area contributed by atoms with E-state index in [1.54, 1.807) is 5.01 Å². The molecule has 5 heteroatoms.